The van der Waals surface area contributed by atoms with Gasteiger partial charge in [0, 0.05) is 23.4 Å². The van der Waals surface area contributed by atoms with Crippen molar-refractivity contribution in [2.24, 2.45) is 11.6 Å². The highest BCUT2D eigenvalue weighted by Crippen LogP contribution is 2.38. The van der Waals surface area contributed by atoms with Crippen molar-refractivity contribution >= 4 is 35.0 Å². The molecule has 0 bridgehead atoms. The van der Waals surface area contributed by atoms with Crippen molar-refractivity contribution in [2.75, 3.05) is 18.0 Å². The van der Waals surface area contributed by atoms with Gasteiger partial charge >= 0.3 is 12.3 Å². The van der Waals surface area contributed by atoms with E-state index in [1.807, 2.05) is 5.43 Å². The van der Waals surface area contributed by atoms with Crippen LogP contribution in [0.5, 0.6) is 5.75 Å². The van der Waals surface area contributed by atoms with Crippen LogP contribution in [0.4, 0.5) is 18.9 Å². The maximum absolute atomic E-state index is 12.6. The number of carboxylic acids is 1. The van der Waals surface area contributed by atoms with E-state index in [9.17, 15) is 18.0 Å². The van der Waals surface area contributed by atoms with Crippen molar-refractivity contribution in [3.8, 4) is 5.75 Å². The lowest BCUT2D eigenvalue weighted by Crippen LogP contribution is -2.36. The summed E-state index contributed by atoms with van der Waals surface area (Å²) in [6, 6.07) is 3.93. The first-order valence-corrected chi connectivity index (χ1v) is 9.03. The van der Waals surface area contributed by atoms with E-state index in [1.54, 1.807) is 4.90 Å². The Kier molecular flexibility index (Phi) is 6.95. The molecule has 0 spiro atoms. The van der Waals surface area contributed by atoms with Crippen LogP contribution in [0.1, 0.15) is 12.8 Å². The Morgan fingerprint density at radius 3 is 2.52 bits per heavy atom. The van der Waals surface area contributed by atoms with E-state index in [0.717, 1.165) is 0 Å². The molecule has 1 saturated heterocycles. The number of aliphatic carboxylic acids is 1. The zero-order valence-corrected chi connectivity index (χ0v) is 15.5. The van der Waals surface area contributed by atoms with Crippen molar-refractivity contribution in [3.05, 3.63) is 33.9 Å². The van der Waals surface area contributed by atoms with Crippen LogP contribution in [0.25, 0.3) is 0 Å². The number of piperidine rings is 1. The van der Waals surface area contributed by atoms with E-state index >= 15 is 0 Å². The van der Waals surface area contributed by atoms with Crippen LogP contribution in [0, 0.1) is 0 Å². The van der Waals surface area contributed by atoms with Gasteiger partial charge in [0.05, 0.1) is 10.7 Å². The van der Waals surface area contributed by atoms with Gasteiger partial charge < -0.3 is 25.9 Å². The number of alkyl halides is 3. The summed E-state index contributed by atoms with van der Waals surface area (Å²) in [6.07, 6.45) is -3.67. The fraction of sp³-hybridized carbons (Fsp3) is 0.400. The molecule has 1 aromatic carbocycles. The van der Waals surface area contributed by atoms with Crippen molar-refractivity contribution < 1.29 is 27.8 Å². The summed E-state index contributed by atoms with van der Waals surface area (Å²) in [6.45, 7) is 0.857. The SMILES string of the molecule is NN/C(C(=O)O)=C(\N)SC1CCN(c2cc(Cl)ccc2OC(F)(F)F)CC1. The van der Waals surface area contributed by atoms with Crippen LogP contribution < -0.4 is 26.6 Å². The van der Waals surface area contributed by atoms with Gasteiger partial charge in [-0.15, -0.1) is 24.9 Å². The molecule has 0 radical (unpaired) electrons. The fourth-order valence-corrected chi connectivity index (χ4v) is 3.88. The first-order chi connectivity index (χ1) is 12.6. The van der Waals surface area contributed by atoms with Crippen LogP contribution in [-0.4, -0.2) is 35.8 Å². The Labute approximate surface area is 162 Å². The molecule has 0 saturated carbocycles. The lowest BCUT2D eigenvalue weighted by atomic mass is 10.1. The number of benzene rings is 1. The Hall–Kier alpha value is -1.98. The second kappa shape index (κ2) is 8.81. The molecule has 1 heterocycles. The number of anilines is 1. The van der Waals surface area contributed by atoms with E-state index in [1.165, 1.54) is 30.0 Å². The summed E-state index contributed by atoms with van der Waals surface area (Å²) in [5.41, 5.74) is 7.77. The van der Waals surface area contributed by atoms with Crippen LogP contribution >= 0.6 is 23.4 Å². The van der Waals surface area contributed by atoms with Gasteiger partial charge in [0.2, 0.25) is 0 Å². The fourth-order valence-electron chi connectivity index (χ4n) is 2.64. The molecule has 0 unspecified atom stereocenters. The van der Waals surface area contributed by atoms with E-state index in [0.29, 0.717) is 31.0 Å². The molecule has 0 atom stereocenters. The summed E-state index contributed by atoms with van der Waals surface area (Å²) >= 11 is 7.09. The third kappa shape index (κ3) is 6.01. The molecular weight excluding hydrogens is 409 g/mol. The second-order valence-electron chi connectivity index (χ2n) is 5.65. The molecule has 1 aliphatic rings. The number of nitrogens with zero attached hydrogens (tertiary/aromatic N) is 1. The van der Waals surface area contributed by atoms with Crippen LogP contribution in [0.15, 0.2) is 28.9 Å². The number of carbonyl (C=O) groups is 1. The number of thioether (sulfide) groups is 1. The summed E-state index contributed by atoms with van der Waals surface area (Å²) < 4.78 is 41.9. The molecule has 0 amide bonds. The van der Waals surface area contributed by atoms with Crippen molar-refractivity contribution in [3.63, 3.8) is 0 Å². The van der Waals surface area contributed by atoms with Crippen molar-refractivity contribution in [1.82, 2.24) is 5.43 Å². The number of carboxylic acid groups (broad SMARTS) is 1. The third-order valence-corrected chi connectivity index (χ3v) is 5.33. The Morgan fingerprint density at radius 2 is 2.00 bits per heavy atom. The predicted octanol–water partition coefficient (Wildman–Crippen LogP) is 2.62. The van der Waals surface area contributed by atoms with Gasteiger partial charge in [-0.2, -0.15) is 0 Å². The van der Waals surface area contributed by atoms with Crippen LogP contribution in [0.3, 0.4) is 0 Å². The smallest absolute Gasteiger partial charge is 0.476 e. The number of halogens is 4. The summed E-state index contributed by atoms with van der Waals surface area (Å²) in [5.74, 6) is 3.56. The normalized spacial score (nSPS) is 16.7. The van der Waals surface area contributed by atoms with Gasteiger partial charge in [0.25, 0.3) is 0 Å². The maximum Gasteiger partial charge on any atom is 0.573 e. The Balaban J connectivity index is 2.08. The van der Waals surface area contributed by atoms with E-state index in [2.05, 4.69) is 4.74 Å². The lowest BCUT2D eigenvalue weighted by molar-refractivity contribution is -0.274. The number of hydrazine groups is 1. The first-order valence-electron chi connectivity index (χ1n) is 7.77. The molecule has 0 aliphatic carbocycles. The molecule has 27 heavy (non-hydrogen) atoms. The van der Waals surface area contributed by atoms with Gasteiger partial charge in [-0.25, -0.2) is 4.79 Å². The van der Waals surface area contributed by atoms with Gasteiger partial charge in [0.1, 0.15) is 0 Å². The number of hydrogen-bond acceptors (Lipinski definition) is 7. The van der Waals surface area contributed by atoms with Crippen LogP contribution in [-0.2, 0) is 4.79 Å². The van der Waals surface area contributed by atoms with Crippen molar-refractivity contribution in [1.29, 1.82) is 0 Å². The molecule has 7 nitrogen and oxygen atoms in total. The molecule has 1 aliphatic heterocycles. The molecule has 1 aromatic rings. The first kappa shape index (κ1) is 21.3. The summed E-state index contributed by atoms with van der Waals surface area (Å²) in [7, 11) is 0. The average molecular weight is 427 g/mol. The minimum atomic E-state index is -4.81. The quantitative estimate of drug-likeness (QED) is 0.312. The number of nitrogens with two attached hydrogens (primary N) is 2. The highest BCUT2D eigenvalue weighted by Gasteiger charge is 2.33. The molecule has 1 fully saturated rings. The maximum atomic E-state index is 12.6. The highest BCUT2D eigenvalue weighted by atomic mass is 35.5. The van der Waals surface area contributed by atoms with Gasteiger partial charge in [-0.1, -0.05) is 11.6 Å². The number of hydrogen-bond donors (Lipinski definition) is 4. The van der Waals surface area contributed by atoms with E-state index < -0.39 is 12.3 Å². The molecule has 12 heteroatoms. The minimum absolute atomic E-state index is 0.00452. The molecule has 150 valence electrons. The Morgan fingerprint density at radius 1 is 1.37 bits per heavy atom. The average Bonchev–Trinajstić information content (AvgIpc) is 2.56. The Bertz CT molecular complexity index is 725. The largest absolute Gasteiger partial charge is 0.573 e. The molecule has 2 rings (SSSR count). The second-order valence-corrected chi connectivity index (χ2v) is 7.43. The van der Waals surface area contributed by atoms with Gasteiger partial charge in [-0.3, -0.25) is 5.84 Å². The van der Waals surface area contributed by atoms with E-state index in [-0.39, 0.29) is 27.4 Å². The summed E-state index contributed by atoms with van der Waals surface area (Å²) in [4.78, 5) is 12.8. The molecule has 6 N–H and O–H groups in total. The number of rotatable bonds is 6. The standard InChI is InChI=1S/C15H18ClF3N4O3S/c16-8-1-2-11(26-15(17,18)19)10(7-8)23-5-3-9(4-6-23)27-13(20)12(22-21)14(24)25/h1-2,7,9,22H,3-6,20-21H2,(H,24,25)/b13-12+. The molecular formula is C15H18ClF3N4O3S. The van der Waals surface area contributed by atoms with Crippen molar-refractivity contribution in [2.45, 2.75) is 24.5 Å². The highest BCUT2D eigenvalue weighted by molar-refractivity contribution is 8.03. The number of ether oxygens (including phenoxy) is 1. The zero-order chi connectivity index (χ0) is 20.2. The van der Waals surface area contributed by atoms with Crippen LogP contribution in [0.2, 0.25) is 5.02 Å². The monoisotopic (exact) mass is 426 g/mol. The lowest BCUT2D eigenvalue weighted by Gasteiger charge is -2.34. The van der Waals surface area contributed by atoms with Gasteiger partial charge in [-0.05, 0) is 31.0 Å². The minimum Gasteiger partial charge on any atom is -0.476 e. The number of nitrogens with one attached hydrogen (secondary N) is 1. The van der Waals surface area contributed by atoms with E-state index in [4.69, 9.17) is 28.3 Å². The van der Waals surface area contributed by atoms with Gasteiger partial charge in [0.15, 0.2) is 11.4 Å². The topological polar surface area (TPSA) is 114 Å². The molecule has 0 aromatic heterocycles. The summed E-state index contributed by atoms with van der Waals surface area (Å²) in [5, 5.41) is 9.33. The predicted molar refractivity (Wildman–Crippen MR) is 97.1 cm³/mol. The third-order valence-electron chi connectivity index (χ3n) is 3.83. The zero-order valence-electron chi connectivity index (χ0n) is 13.9.